The van der Waals surface area contributed by atoms with Gasteiger partial charge in [0.25, 0.3) is 0 Å². The Balaban J connectivity index is 2.68. The molecule has 4 heteroatoms. The molecule has 1 aromatic rings. The largest absolute Gasteiger partial charge is 0.369 e. The van der Waals surface area contributed by atoms with Crippen molar-refractivity contribution in [3.8, 4) is 0 Å². The lowest BCUT2D eigenvalue weighted by atomic mass is 9.97. The molecule has 1 heterocycles. The summed E-state index contributed by atoms with van der Waals surface area (Å²) in [6.07, 6.45) is 0. The van der Waals surface area contributed by atoms with Crippen LogP contribution in [-0.4, -0.2) is 16.5 Å². The van der Waals surface area contributed by atoms with Gasteiger partial charge in [0, 0.05) is 18.3 Å². The van der Waals surface area contributed by atoms with E-state index in [-0.39, 0.29) is 5.41 Å². The van der Waals surface area contributed by atoms with Gasteiger partial charge < -0.3 is 11.1 Å². The van der Waals surface area contributed by atoms with Crippen molar-refractivity contribution in [3.05, 3.63) is 11.8 Å². The smallest absolute Gasteiger partial charge is 0.222 e. The van der Waals surface area contributed by atoms with E-state index in [4.69, 9.17) is 5.73 Å². The summed E-state index contributed by atoms with van der Waals surface area (Å²) in [5.74, 6) is 1.12. The van der Waals surface area contributed by atoms with Gasteiger partial charge in [-0.05, 0) is 12.3 Å². The van der Waals surface area contributed by atoms with E-state index < -0.39 is 0 Å². The third-order valence-electron chi connectivity index (χ3n) is 1.67. The second-order valence-corrected chi connectivity index (χ2v) is 4.67. The van der Waals surface area contributed by atoms with E-state index in [2.05, 4.69) is 36.1 Å². The second kappa shape index (κ2) is 3.82. The van der Waals surface area contributed by atoms with Crippen LogP contribution in [0.25, 0.3) is 0 Å². The third kappa shape index (κ3) is 3.60. The molecule has 0 saturated heterocycles. The summed E-state index contributed by atoms with van der Waals surface area (Å²) in [6, 6.07) is 1.89. The first-order chi connectivity index (χ1) is 6.37. The van der Waals surface area contributed by atoms with Crippen LogP contribution in [0.15, 0.2) is 6.07 Å². The standard InChI is InChI=1S/C10H18N4/c1-7-5-8(14-9(11)13-7)12-6-10(2,3)4/h5H,6H2,1-4H3,(H3,11,12,13,14). The summed E-state index contributed by atoms with van der Waals surface area (Å²) >= 11 is 0. The minimum Gasteiger partial charge on any atom is -0.369 e. The Bertz CT molecular complexity index is 294. The predicted octanol–water partition coefficient (Wildman–Crippen LogP) is 1.83. The fraction of sp³-hybridized carbons (Fsp3) is 0.600. The van der Waals surface area contributed by atoms with Gasteiger partial charge in [-0.2, -0.15) is 4.98 Å². The quantitative estimate of drug-likeness (QED) is 0.753. The molecule has 14 heavy (non-hydrogen) atoms. The van der Waals surface area contributed by atoms with E-state index in [1.165, 1.54) is 0 Å². The van der Waals surface area contributed by atoms with E-state index in [1.54, 1.807) is 0 Å². The second-order valence-electron chi connectivity index (χ2n) is 4.67. The minimum absolute atomic E-state index is 0.230. The molecule has 0 unspecified atom stereocenters. The summed E-state index contributed by atoms with van der Waals surface area (Å²) in [7, 11) is 0. The zero-order chi connectivity index (χ0) is 10.8. The molecule has 0 fully saturated rings. The van der Waals surface area contributed by atoms with Crippen LogP contribution in [0, 0.1) is 12.3 Å². The molecule has 0 bridgehead atoms. The van der Waals surface area contributed by atoms with Crippen LogP contribution >= 0.6 is 0 Å². The molecule has 0 aromatic carbocycles. The van der Waals surface area contributed by atoms with E-state index in [9.17, 15) is 0 Å². The molecule has 0 atom stereocenters. The molecular weight excluding hydrogens is 176 g/mol. The molecule has 0 aliphatic heterocycles. The highest BCUT2D eigenvalue weighted by molar-refractivity contribution is 5.40. The van der Waals surface area contributed by atoms with Crippen LogP contribution in [0.2, 0.25) is 0 Å². The summed E-state index contributed by atoms with van der Waals surface area (Å²) in [4.78, 5) is 8.10. The molecule has 0 aliphatic rings. The van der Waals surface area contributed by atoms with Crippen LogP contribution in [0.1, 0.15) is 26.5 Å². The average molecular weight is 194 g/mol. The van der Waals surface area contributed by atoms with Crippen molar-refractivity contribution in [1.29, 1.82) is 0 Å². The van der Waals surface area contributed by atoms with Gasteiger partial charge in [-0.15, -0.1) is 0 Å². The number of nitrogens with one attached hydrogen (secondary N) is 1. The maximum atomic E-state index is 5.54. The van der Waals surface area contributed by atoms with Crippen LogP contribution in [-0.2, 0) is 0 Å². The Kier molecular flexibility index (Phi) is 2.93. The zero-order valence-electron chi connectivity index (χ0n) is 9.26. The van der Waals surface area contributed by atoms with Crippen molar-refractivity contribution < 1.29 is 0 Å². The van der Waals surface area contributed by atoms with E-state index in [1.807, 2.05) is 13.0 Å². The van der Waals surface area contributed by atoms with Crippen molar-refractivity contribution in [3.63, 3.8) is 0 Å². The summed E-state index contributed by atoms with van der Waals surface area (Å²) < 4.78 is 0. The van der Waals surface area contributed by atoms with Gasteiger partial charge in [-0.3, -0.25) is 0 Å². The number of hydrogen-bond acceptors (Lipinski definition) is 4. The van der Waals surface area contributed by atoms with Crippen LogP contribution in [0.3, 0.4) is 0 Å². The fourth-order valence-corrected chi connectivity index (χ4v) is 1.04. The molecule has 4 nitrogen and oxygen atoms in total. The Labute approximate surface area is 85.0 Å². The van der Waals surface area contributed by atoms with Crippen molar-refractivity contribution >= 4 is 11.8 Å². The average Bonchev–Trinajstić information content (AvgIpc) is 1.97. The van der Waals surface area contributed by atoms with E-state index >= 15 is 0 Å². The van der Waals surface area contributed by atoms with Gasteiger partial charge in [0.15, 0.2) is 0 Å². The number of aryl methyl sites for hydroxylation is 1. The number of aromatic nitrogens is 2. The van der Waals surface area contributed by atoms with Crippen LogP contribution < -0.4 is 11.1 Å². The highest BCUT2D eigenvalue weighted by Crippen LogP contribution is 2.14. The summed E-state index contributed by atoms with van der Waals surface area (Å²) in [5, 5.41) is 3.24. The Morgan fingerprint density at radius 3 is 2.50 bits per heavy atom. The normalized spacial score (nSPS) is 11.4. The maximum Gasteiger partial charge on any atom is 0.222 e. The molecule has 0 aliphatic carbocycles. The number of nitrogens with two attached hydrogens (primary N) is 1. The minimum atomic E-state index is 0.230. The lowest BCUT2D eigenvalue weighted by Gasteiger charge is -2.19. The van der Waals surface area contributed by atoms with E-state index in [0.717, 1.165) is 18.1 Å². The van der Waals surface area contributed by atoms with Crippen molar-refractivity contribution in [2.75, 3.05) is 17.6 Å². The maximum absolute atomic E-state index is 5.54. The predicted molar refractivity (Wildman–Crippen MR) is 59.1 cm³/mol. The Morgan fingerprint density at radius 1 is 1.36 bits per heavy atom. The lowest BCUT2D eigenvalue weighted by molar-refractivity contribution is 0.442. The van der Waals surface area contributed by atoms with Crippen molar-refractivity contribution in [1.82, 2.24) is 9.97 Å². The monoisotopic (exact) mass is 194 g/mol. The fourth-order valence-electron chi connectivity index (χ4n) is 1.04. The Morgan fingerprint density at radius 2 is 2.00 bits per heavy atom. The van der Waals surface area contributed by atoms with Gasteiger partial charge in [0.05, 0.1) is 0 Å². The number of rotatable bonds is 2. The third-order valence-corrected chi connectivity index (χ3v) is 1.67. The molecule has 0 saturated carbocycles. The van der Waals surface area contributed by atoms with Crippen LogP contribution in [0.5, 0.6) is 0 Å². The molecule has 0 amide bonds. The van der Waals surface area contributed by atoms with Crippen LogP contribution in [0.4, 0.5) is 11.8 Å². The highest BCUT2D eigenvalue weighted by Gasteiger charge is 2.10. The van der Waals surface area contributed by atoms with Gasteiger partial charge >= 0.3 is 0 Å². The first-order valence-corrected chi connectivity index (χ1v) is 4.72. The van der Waals surface area contributed by atoms with E-state index in [0.29, 0.717) is 5.95 Å². The van der Waals surface area contributed by atoms with Gasteiger partial charge in [-0.25, -0.2) is 4.98 Å². The lowest BCUT2D eigenvalue weighted by Crippen LogP contribution is -2.20. The molecule has 0 radical (unpaired) electrons. The molecule has 1 aromatic heterocycles. The Hall–Kier alpha value is -1.32. The number of anilines is 2. The van der Waals surface area contributed by atoms with Crippen molar-refractivity contribution in [2.24, 2.45) is 5.41 Å². The van der Waals surface area contributed by atoms with Gasteiger partial charge in [0.1, 0.15) is 5.82 Å². The molecule has 3 N–H and O–H groups in total. The van der Waals surface area contributed by atoms with Gasteiger partial charge in [-0.1, -0.05) is 20.8 Å². The summed E-state index contributed by atoms with van der Waals surface area (Å²) in [5.41, 5.74) is 6.65. The first kappa shape index (κ1) is 10.8. The summed E-state index contributed by atoms with van der Waals surface area (Å²) in [6.45, 7) is 9.26. The molecular formula is C10H18N4. The van der Waals surface area contributed by atoms with Gasteiger partial charge in [0.2, 0.25) is 5.95 Å². The topological polar surface area (TPSA) is 63.8 Å². The highest BCUT2D eigenvalue weighted by atomic mass is 15.1. The first-order valence-electron chi connectivity index (χ1n) is 4.72. The SMILES string of the molecule is Cc1cc(NCC(C)(C)C)nc(N)n1. The number of hydrogen-bond donors (Lipinski definition) is 2. The zero-order valence-corrected chi connectivity index (χ0v) is 9.26. The molecule has 1 rings (SSSR count). The van der Waals surface area contributed by atoms with Crippen molar-refractivity contribution in [2.45, 2.75) is 27.7 Å². The molecule has 78 valence electrons. The number of nitrogen functional groups attached to an aromatic ring is 1. The number of nitrogens with zero attached hydrogens (tertiary/aromatic N) is 2. The molecule has 0 spiro atoms.